The summed E-state index contributed by atoms with van der Waals surface area (Å²) in [6, 6.07) is 2.15. The zero-order valence-electron chi connectivity index (χ0n) is 12.4. The normalized spacial score (nSPS) is 17.2. The van der Waals surface area contributed by atoms with Crippen molar-refractivity contribution in [2.24, 2.45) is 5.92 Å². The number of likely N-dealkylation sites (tertiary alicyclic amines) is 1. The molecular formula is C16H24N2OS. The van der Waals surface area contributed by atoms with Gasteiger partial charge in [0.05, 0.1) is 0 Å². The van der Waals surface area contributed by atoms with Gasteiger partial charge in [-0.3, -0.25) is 4.90 Å². The average molecular weight is 292 g/mol. The van der Waals surface area contributed by atoms with Crippen LogP contribution in [0.4, 0.5) is 0 Å². The molecule has 0 saturated carbocycles. The molecule has 0 bridgehead atoms. The second-order valence-corrected chi connectivity index (χ2v) is 6.74. The predicted molar refractivity (Wildman–Crippen MR) is 84.8 cm³/mol. The van der Waals surface area contributed by atoms with E-state index in [0.29, 0.717) is 0 Å². The van der Waals surface area contributed by atoms with Gasteiger partial charge in [0.25, 0.3) is 0 Å². The Hall–Kier alpha value is -0.860. The first-order valence-corrected chi connectivity index (χ1v) is 8.09. The number of thiophene rings is 1. The fraction of sp³-hybridized carbons (Fsp3) is 0.625. The lowest BCUT2D eigenvalue weighted by molar-refractivity contribution is 0.158. The Labute approximate surface area is 126 Å². The molecular weight excluding hydrogens is 268 g/mol. The Morgan fingerprint density at radius 2 is 2.15 bits per heavy atom. The summed E-state index contributed by atoms with van der Waals surface area (Å²) in [4.78, 5) is 6.21. The summed E-state index contributed by atoms with van der Waals surface area (Å²) in [6.45, 7) is 4.60. The van der Waals surface area contributed by atoms with Crippen LogP contribution in [-0.4, -0.2) is 55.2 Å². The predicted octanol–water partition coefficient (Wildman–Crippen LogP) is 1.87. The number of piperidine rings is 1. The molecule has 2 heterocycles. The Morgan fingerprint density at radius 1 is 1.40 bits per heavy atom. The maximum absolute atomic E-state index is 8.70. The molecule has 1 N–H and O–H groups in total. The molecule has 3 nitrogen and oxygen atoms in total. The molecule has 0 radical (unpaired) electrons. The maximum atomic E-state index is 8.70. The summed E-state index contributed by atoms with van der Waals surface area (Å²) in [7, 11) is 4.32. The molecule has 0 aliphatic carbocycles. The van der Waals surface area contributed by atoms with Gasteiger partial charge in [0.15, 0.2) is 0 Å². The van der Waals surface area contributed by atoms with E-state index in [9.17, 15) is 0 Å². The molecule has 0 spiro atoms. The summed E-state index contributed by atoms with van der Waals surface area (Å²) in [5, 5.41) is 10.8. The number of aliphatic hydroxyl groups excluding tert-OH is 1. The third-order valence-corrected chi connectivity index (χ3v) is 4.60. The van der Waals surface area contributed by atoms with E-state index in [1.807, 2.05) is 0 Å². The van der Waals surface area contributed by atoms with Crippen LogP contribution in [0.2, 0.25) is 0 Å². The van der Waals surface area contributed by atoms with Crippen LogP contribution < -0.4 is 0 Å². The zero-order valence-corrected chi connectivity index (χ0v) is 13.2. The topological polar surface area (TPSA) is 26.7 Å². The van der Waals surface area contributed by atoms with Crippen molar-refractivity contribution in [2.45, 2.75) is 19.4 Å². The maximum Gasteiger partial charge on any atom is 0.104 e. The SMILES string of the molecule is CN(C)CC1CCN(Cc2cc(C#CCO)cs2)CC1. The molecule has 1 aromatic rings. The summed E-state index contributed by atoms with van der Waals surface area (Å²) < 4.78 is 0. The highest BCUT2D eigenvalue weighted by Crippen LogP contribution is 2.22. The molecule has 1 aromatic heterocycles. The number of aliphatic hydroxyl groups is 1. The highest BCUT2D eigenvalue weighted by atomic mass is 32.1. The first-order valence-electron chi connectivity index (χ1n) is 7.21. The molecule has 0 amide bonds. The van der Waals surface area contributed by atoms with E-state index in [1.165, 1.54) is 37.4 Å². The molecule has 0 unspecified atom stereocenters. The van der Waals surface area contributed by atoms with Crippen molar-refractivity contribution in [3.63, 3.8) is 0 Å². The summed E-state index contributed by atoms with van der Waals surface area (Å²) in [5.74, 6) is 6.52. The molecule has 1 fully saturated rings. The smallest absolute Gasteiger partial charge is 0.104 e. The van der Waals surface area contributed by atoms with Crippen LogP contribution in [-0.2, 0) is 6.54 Å². The lowest BCUT2D eigenvalue weighted by Gasteiger charge is -2.32. The van der Waals surface area contributed by atoms with Gasteiger partial charge < -0.3 is 10.0 Å². The third-order valence-electron chi connectivity index (χ3n) is 3.68. The van der Waals surface area contributed by atoms with Crippen molar-refractivity contribution >= 4 is 11.3 Å². The van der Waals surface area contributed by atoms with Gasteiger partial charge in [-0.2, -0.15) is 0 Å². The van der Waals surface area contributed by atoms with Crippen LogP contribution in [0, 0.1) is 17.8 Å². The number of hydrogen-bond donors (Lipinski definition) is 1. The first-order chi connectivity index (χ1) is 9.67. The van der Waals surface area contributed by atoms with Crippen molar-refractivity contribution in [1.82, 2.24) is 9.80 Å². The van der Waals surface area contributed by atoms with Gasteiger partial charge in [-0.15, -0.1) is 11.3 Å². The molecule has 2 rings (SSSR count). The lowest BCUT2D eigenvalue weighted by Crippen LogP contribution is -2.36. The monoisotopic (exact) mass is 292 g/mol. The Morgan fingerprint density at radius 3 is 2.80 bits per heavy atom. The van der Waals surface area contributed by atoms with Gasteiger partial charge in [0.1, 0.15) is 6.61 Å². The van der Waals surface area contributed by atoms with Gasteiger partial charge in [0.2, 0.25) is 0 Å². The summed E-state index contributed by atoms with van der Waals surface area (Å²) in [6.07, 6.45) is 2.61. The number of hydrogen-bond acceptors (Lipinski definition) is 4. The first kappa shape index (κ1) is 15.5. The van der Waals surface area contributed by atoms with Gasteiger partial charge in [-0.1, -0.05) is 11.8 Å². The summed E-state index contributed by atoms with van der Waals surface area (Å²) in [5.41, 5.74) is 1.03. The van der Waals surface area contributed by atoms with E-state index in [4.69, 9.17) is 5.11 Å². The van der Waals surface area contributed by atoms with E-state index >= 15 is 0 Å². The highest BCUT2D eigenvalue weighted by molar-refractivity contribution is 7.10. The van der Waals surface area contributed by atoms with E-state index in [0.717, 1.165) is 18.0 Å². The number of rotatable bonds is 4. The molecule has 1 aliphatic rings. The lowest BCUT2D eigenvalue weighted by atomic mass is 9.96. The van der Waals surface area contributed by atoms with Crippen LogP contribution in [0.3, 0.4) is 0 Å². The van der Waals surface area contributed by atoms with Gasteiger partial charge in [-0.05, 0) is 52.0 Å². The minimum Gasteiger partial charge on any atom is -0.384 e. The van der Waals surface area contributed by atoms with Crippen LogP contribution in [0.15, 0.2) is 11.4 Å². The van der Waals surface area contributed by atoms with Gasteiger partial charge >= 0.3 is 0 Å². The van der Waals surface area contributed by atoms with Gasteiger partial charge in [-0.25, -0.2) is 0 Å². The van der Waals surface area contributed by atoms with Crippen molar-refractivity contribution in [3.05, 3.63) is 21.9 Å². The van der Waals surface area contributed by atoms with Crippen LogP contribution in [0.25, 0.3) is 0 Å². The van der Waals surface area contributed by atoms with Crippen LogP contribution in [0.5, 0.6) is 0 Å². The fourth-order valence-corrected chi connectivity index (χ4v) is 3.59. The minimum atomic E-state index is -0.0649. The van der Waals surface area contributed by atoms with Crippen molar-refractivity contribution in [1.29, 1.82) is 0 Å². The van der Waals surface area contributed by atoms with Crippen LogP contribution in [0.1, 0.15) is 23.3 Å². The van der Waals surface area contributed by atoms with E-state index in [-0.39, 0.29) is 6.61 Å². The van der Waals surface area contributed by atoms with Crippen LogP contribution >= 0.6 is 11.3 Å². The third kappa shape index (κ3) is 4.92. The second kappa shape index (κ2) is 7.80. The van der Waals surface area contributed by atoms with Crippen molar-refractivity contribution < 1.29 is 5.11 Å². The number of nitrogens with zero attached hydrogens (tertiary/aromatic N) is 2. The molecule has 0 atom stereocenters. The standard InChI is InChI=1S/C16H24N2OS/c1-17(2)11-14-5-7-18(8-6-14)12-16-10-15(13-20-16)4-3-9-19/h10,13-14,19H,5-9,11-12H2,1-2H3. The van der Waals surface area contributed by atoms with E-state index < -0.39 is 0 Å². The summed E-state index contributed by atoms with van der Waals surface area (Å²) >= 11 is 1.77. The molecule has 20 heavy (non-hydrogen) atoms. The second-order valence-electron chi connectivity index (χ2n) is 5.74. The highest BCUT2D eigenvalue weighted by Gasteiger charge is 2.19. The van der Waals surface area contributed by atoms with E-state index in [2.05, 4.69) is 47.2 Å². The van der Waals surface area contributed by atoms with Gasteiger partial charge in [0, 0.05) is 28.9 Å². The zero-order chi connectivity index (χ0) is 14.4. The Bertz CT molecular complexity index is 464. The molecule has 1 aliphatic heterocycles. The Balaban J connectivity index is 1.79. The quantitative estimate of drug-likeness (QED) is 0.858. The molecule has 0 aromatic carbocycles. The molecule has 110 valence electrons. The average Bonchev–Trinajstić information content (AvgIpc) is 2.86. The fourth-order valence-electron chi connectivity index (χ4n) is 2.73. The molecule has 4 heteroatoms. The minimum absolute atomic E-state index is 0.0649. The van der Waals surface area contributed by atoms with Crippen molar-refractivity contribution in [2.75, 3.05) is 40.3 Å². The van der Waals surface area contributed by atoms with E-state index in [1.54, 1.807) is 11.3 Å². The molecule has 1 saturated heterocycles. The largest absolute Gasteiger partial charge is 0.384 e. The Kier molecular flexibility index (Phi) is 6.06. The van der Waals surface area contributed by atoms with Crippen molar-refractivity contribution in [3.8, 4) is 11.8 Å².